The average Bonchev–Trinajstić information content (AvgIpc) is 3.44. The smallest absolute Gasteiger partial charge is 0.316 e. The molecule has 5 rings (SSSR count). The molecule has 11 nitrogen and oxygen atoms in total. The topological polar surface area (TPSA) is 120 Å². The molecular weight excluding hydrogens is 932 g/mol. The van der Waals surface area contributed by atoms with Crippen molar-refractivity contribution in [3.05, 3.63) is 71.8 Å². The molecule has 0 spiro atoms. The number of rotatable bonds is 20. The number of carbonyl (C=O) groups is 1. The predicted octanol–water partition coefficient (Wildman–Crippen LogP) is 9.28. The molecule has 3 fully saturated rings. The number of aliphatic hydroxyl groups excluding tert-OH is 1. The van der Waals surface area contributed by atoms with E-state index in [1.165, 1.54) is 0 Å². The van der Waals surface area contributed by atoms with E-state index in [2.05, 4.69) is 107 Å². The van der Waals surface area contributed by atoms with Gasteiger partial charge in [-0.3, -0.25) is 4.79 Å². The Morgan fingerprint density at radius 1 is 0.833 bits per heavy atom. The maximum Gasteiger partial charge on any atom is 0.316 e. The minimum atomic E-state index is -2.53. The van der Waals surface area contributed by atoms with Crippen molar-refractivity contribution in [2.75, 3.05) is 27.1 Å². The molecule has 2 aromatic carbocycles. The highest BCUT2D eigenvalue weighted by molar-refractivity contribution is 9.10. The summed E-state index contributed by atoms with van der Waals surface area (Å²) in [5.41, 5.74) is 1.26. The summed E-state index contributed by atoms with van der Waals surface area (Å²) < 4.78 is 59.2. The van der Waals surface area contributed by atoms with Gasteiger partial charge in [0.2, 0.25) is 6.29 Å². The van der Waals surface area contributed by atoms with Crippen LogP contribution in [-0.4, -0.2) is 113 Å². The Morgan fingerprint density at radius 2 is 1.40 bits per heavy atom. The second-order valence-electron chi connectivity index (χ2n) is 19.1. The Balaban J connectivity index is 1.58. The van der Waals surface area contributed by atoms with Gasteiger partial charge in [-0.2, -0.15) is 0 Å². The molecule has 2 bridgehead atoms. The highest BCUT2D eigenvalue weighted by Crippen LogP contribution is 2.50. The second-order valence-corrected chi connectivity index (χ2v) is 31.3. The third-order valence-corrected chi connectivity index (χ3v) is 26.2. The van der Waals surface area contributed by atoms with Crippen molar-refractivity contribution in [1.29, 1.82) is 0 Å². The van der Waals surface area contributed by atoms with Crippen molar-refractivity contribution >= 4 is 54.5 Å². The van der Waals surface area contributed by atoms with Crippen LogP contribution in [0.1, 0.15) is 73.4 Å². The summed E-state index contributed by atoms with van der Waals surface area (Å²) in [4.78, 5) is 13.4. The van der Waals surface area contributed by atoms with Crippen molar-refractivity contribution in [2.45, 2.75) is 168 Å². The van der Waals surface area contributed by atoms with Crippen molar-refractivity contribution < 1.29 is 51.9 Å². The molecule has 3 aliphatic heterocycles. The van der Waals surface area contributed by atoms with E-state index in [9.17, 15) is 9.90 Å². The van der Waals surface area contributed by atoms with Crippen LogP contribution in [0.25, 0.3) is 0 Å². The summed E-state index contributed by atoms with van der Waals surface area (Å²) >= 11 is 7.92. The van der Waals surface area contributed by atoms with Crippen LogP contribution in [0.15, 0.2) is 60.7 Å². The van der Waals surface area contributed by atoms with Gasteiger partial charge in [0, 0.05) is 7.11 Å². The quantitative estimate of drug-likeness (QED) is 0.0592. The molecule has 15 heteroatoms. The van der Waals surface area contributed by atoms with E-state index in [0.29, 0.717) is 16.6 Å². The first-order valence-corrected chi connectivity index (χ1v) is 28.3. The lowest BCUT2D eigenvalue weighted by atomic mass is 9.77. The largest absolute Gasteiger partial charge is 0.432 e. The summed E-state index contributed by atoms with van der Waals surface area (Å²) in [5, 5.41) is 13.0. The van der Waals surface area contributed by atoms with Gasteiger partial charge in [-0.05, 0) is 45.9 Å². The van der Waals surface area contributed by atoms with Crippen LogP contribution in [-0.2, 0) is 60.0 Å². The lowest BCUT2D eigenvalue weighted by molar-refractivity contribution is -0.271. The summed E-state index contributed by atoms with van der Waals surface area (Å²) in [5.74, 6) is -1.88. The minimum absolute atomic E-state index is 0.0239. The third-order valence-electron chi connectivity index (χ3n) is 13.2. The fraction of sp³-hybridized carbons (Fsp3) is 0.711. The fourth-order valence-electron chi connectivity index (χ4n) is 9.14. The van der Waals surface area contributed by atoms with Gasteiger partial charge in [0.1, 0.15) is 42.7 Å². The first kappa shape index (κ1) is 50.0. The molecule has 3 heterocycles. The number of fused-ring (bicyclic) bond motifs is 2. The molecule has 0 saturated carbocycles. The van der Waals surface area contributed by atoms with Crippen LogP contribution in [0, 0.1) is 5.92 Å². The molecule has 11 atom stereocenters. The molecule has 3 saturated heterocycles. The normalized spacial score (nSPS) is 30.6. The van der Waals surface area contributed by atoms with Gasteiger partial charge in [-0.25, -0.2) is 0 Å². The Labute approximate surface area is 377 Å². The molecule has 3 aliphatic rings. The van der Waals surface area contributed by atoms with Crippen LogP contribution in [0.2, 0.25) is 34.8 Å². The molecule has 0 aliphatic carbocycles. The first-order chi connectivity index (χ1) is 28.2. The molecular formula is C45H70Br2O11Si2. The monoisotopic (exact) mass is 1000 g/mol. The maximum atomic E-state index is 14.5. The first-order valence-electron chi connectivity index (χ1n) is 21.4. The zero-order valence-electron chi connectivity index (χ0n) is 37.6. The number of carbonyl (C=O) groups excluding carboxylic acids is 1. The van der Waals surface area contributed by atoms with E-state index in [4.69, 9.17) is 42.0 Å². The second kappa shape index (κ2) is 20.8. The Kier molecular flexibility index (Phi) is 17.4. The third kappa shape index (κ3) is 10.6. The maximum absolute atomic E-state index is 14.5. The van der Waals surface area contributed by atoms with Gasteiger partial charge in [0.25, 0.3) is 0 Å². The number of aliphatic hydroxyl groups is 1. The van der Waals surface area contributed by atoms with E-state index in [-0.39, 0.29) is 38.3 Å². The number of hydrogen-bond acceptors (Lipinski definition) is 11. The van der Waals surface area contributed by atoms with Crippen LogP contribution >= 0.6 is 31.9 Å². The summed E-state index contributed by atoms with van der Waals surface area (Å²) in [6.07, 6.45) is -6.29. The zero-order valence-corrected chi connectivity index (χ0v) is 42.8. The molecule has 1 N–H and O–H groups in total. The standard InChI is InChI=1S/C45H70Br2O11Si2/c1-28(2)60(29(3)4,30(5)6)54-25-33-35(46)37(53-27-50-10)40(47)45(57-33,26-51-23-31-19-15-13-16-20-31)41(48)34-36-38(58-59(11,12)44(7,8)9)39(43(55-36)56-42(34)49)52-24-32-21-17-14-18-22-32/h13-22,28-30,33-41,43,48H,23-27H2,1-12H3/t33-,34+,35+,36+,37+,38+,39-,40+,41?,43-,45-/m0/s1. The number of benzene rings is 2. The zero-order chi connectivity index (χ0) is 44.2. The predicted molar refractivity (Wildman–Crippen MR) is 244 cm³/mol. The Hall–Kier alpha value is -1.06. The fourth-order valence-corrected chi connectivity index (χ4v) is 18.0. The van der Waals surface area contributed by atoms with Gasteiger partial charge in [-0.1, -0.05) is 155 Å². The summed E-state index contributed by atoms with van der Waals surface area (Å²) in [6.45, 7) is 24.8. The van der Waals surface area contributed by atoms with Crippen LogP contribution in [0.3, 0.4) is 0 Å². The van der Waals surface area contributed by atoms with Crippen molar-refractivity contribution in [1.82, 2.24) is 0 Å². The number of ether oxygens (including phenoxy) is 7. The number of methoxy groups -OCH3 is 1. The highest BCUT2D eigenvalue weighted by Gasteiger charge is 2.67. The number of alkyl halides is 2. The van der Waals surface area contributed by atoms with Crippen molar-refractivity contribution in [3.63, 3.8) is 0 Å². The van der Waals surface area contributed by atoms with Gasteiger partial charge < -0.3 is 47.1 Å². The van der Waals surface area contributed by atoms with Crippen LogP contribution in [0.5, 0.6) is 0 Å². The number of esters is 1. The number of hydrogen-bond donors (Lipinski definition) is 1. The van der Waals surface area contributed by atoms with E-state index in [1.54, 1.807) is 7.11 Å². The van der Waals surface area contributed by atoms with Crippen molar-refractivity contribution in [3.8, 4) is 0 Å². The summed E-state index contributed by atoms with van der Waals surface area (Å²) in [7, 11) is -3.34. The van der Waals surface area contributed by atoms with E-state index >= 15 is 0 Å². The molecule has 338 valence electrons. The molecule has 1 unspecified atom stereocenters. The van der Waals surface area contributed by atoms with Gasteiger partial charge in [0.15, 0.2) is 16.6 Å². The molecule has 0 amide bonds. The van der Waals surface area contributed by atoms with Gasteiger partial charge in [-0.15, -0.1) is 0 Å². The van der Waals surface area contributed by atoms with Gasteiger partial charge >= 0.3 is 5.97 Å². The van der Waals surface area contributed by atoms with E-state index in [1.807, 2.05) is 60.7 Å². The lowest BCUT2D eigenvalue weighted by Crippen LogP contribution is -2.71. The lowest BCUT2D eigenvalue weighted by Gasteiger charge is -2.54. The van der Waals surface area contributed by atoms with Crippen molar-refractivity contribution in [2.24, 2.45) is 5.92 Å². The SMILES string of the molecule is COCO[C@@H]1[C@H](Br)[C@H](CO[Si](C(C)C)(C(C)C)C(C)C)O[C@](COCc2ccccc2)(C(O)[C@@H]2C(=O)O[C@@H]3O[C@H]2[C@@H](O[Si](C)(C)C(C)(C)C)[C@@H]3OCc2ccccc2)[C@@H]1Br. The van der Waals surface area contributed by atoms with E-state index in [0.717, 1.165) is 11.1 Å². The summed E-state index contributed by atoms with van der Waals surface area (Å²) in [6, 6.07) is 19.6. The van der Waals surface area contributed by atoms with Gasteiger partial charge in [0.05, 0.1) is 48.3 Å². The minimum Gasteiger partial charge on any atom is -0.432 e. The van der Waals surface area contributed by atoms with E-state index < -0.39 is 86.7 Å². The average molecular weight is 1000 g/mol. The number of halogens is 2. The Bertz CT molecular complexity index is 1630. The Morgan fingerprint density at radius 3 is 1.93 bits per heavy atom. The molecule has 60 heavy (non-hydrogen) atoms. The highest BCUT2D eigenvalue weighted by atomic mass is 79.9. The van der Waals surface area contributed by atoms with Crippen LogP contribution < -0.4 is 0 Å². The van der Waals surface area contributed by atoms with Crippen LogP contribution in [0.4, 0.5) is 0 Å². The molecule has 2 aromatic rings. The molecule has 0 aromatic heterocycles. The molecule has 0 radical (unpaired) electrons.